The molecule has 242 valence electrons. The van der Waals surface area contributed by atoms with Gasteiger partial charge < -0.3 is 14.4 Å². The van der Waals surface area contributed by atoms with Crippen molar-refractivity contribution in [2.45, 2.75) is 45.3 Å². The molecule has 1 saturated heterocycles. The number of nitrogens with zero attached hydrogens (tertiary/aromatic N) is 9. The zero-order valence-electron chi connectivity index (χ0n) is 27.0. The second-order valence-corrected chi connectivity index (χ2v) is 18.7. The van der Waals surface area contributed by atoms with Crippen LogP contribution in [0, 0.1) is 0 Å². The highest BCUT2D eigenvalue weighted by atomic mass is 28.3. The molecule has 0 saturated carbocycles. The predicted octanol–water partition coefficient (Wildman–Crippen LogP) is 4.62. The first-order valence-corrected chi connectivity index (χ1v) is 19.8. The number of ether oxygens (including phenoxy) is 2. The van der Waals surface area contributed by atoms with E-state index in [-0.39, 0.29) is 12.4 Å². The largest absolute Gasteiger partial charge is 0.378 e. The average molecular weight is 650 g/mol. The summed E-state index contributed by atoms with van der Waals surface area (Å²) in [5.41, 5.74) is 5.93. The van der Waals surface area contributed by atoms with Crippen LogP contribution in [-0.2, 0) is 29.0 Å². The van der Waals surface area contributed by atoms with Gasteiger partial charge in [-0.2, -0.15) is 9.36 Å². The Kier molecular flexibility index (Phi) is 8.67. The van der Waals surface area contributed by atoms with Crippen molar-refractivity contribution >= 4 is 30.4 Å². The molecule has 1 aliphatic heterocycles. The molecular formula is C34H39N9O3Si. The number of benzene rings is 2. The van der Waals surface area contributed by atoms with Crippen molar-refractivity contribution in [3.05, 3.63) is 94.9 Å². The van der Waals surface area contributed by atoms with Crippen molar-refractivity contribution < 1.29 is 9.47 Å². The Morgan fingerprint density at radius 1 is 0.894 bits per heavy atom. The summed E-state index contributed by atoms with van der Waals surface area (Å²) in [6.45, 7) is 10.4. The first-order chi connectivity index (χ1) is 22.8. The van der Waals surface area contributed by atoms with Crippen molar-refractivity contribution in [1.29, 1.82) is 0 Å². The smallest absolute Gasteiger partial charge is 0.370 e. The molecule has 12 nitrogen and oxygen atoms in total. The molecule has 4 aromatic heterocycles. The monoisotopic (exact) mass is 649 g/mol. The van der Waals surface area contributed by atoms with Gasteiger partial charge in [0.1, 0.15) is 6.73 Å². The van der Waals surface area contributed by atoms with Crippen LogP contribution in [0.5, 0.6) is 0 Å². The van der Waals surface area contributed by atoms with E-state index in [0.717, 1.165) is 77.0 Å². The Bertz CT molecular complexity index is 2060. The Balaban J connectivity index is 1.14. The molecule has 0 bridgehead atoms. The van der Waals surface area contributed by atoms with Crippen LogP contribution in [0.3, 0.4) is 0 Å². The number of aryl methyl sites for hydroxylation is 2. The van der Waals surface area contributed by atoms with Crippen molar-refractivity contribution in [3.8, 4) is 16.9 Å². The molecule has 5 heterocycles. The summed E-state index contributed by atoms with van der Waals surface area (Å²) < 4.78 is 16.0. The van der Waals surface area contributed by atoms with Gasteiger partial charge in [0.2, 0.25) is 0 Å². The topological polar surface area (TPSA) is 117 Å². The standard InChI is InChI=1S/C34H39N9O3Si/c1-47(2,3)21-20-46-24-42-34(44)43(39-38-42)29-14-9-26(10-15-29)31-22-35-32(40-16-18-45-19-17-40)33-37-28(23-41(31)33)13-12-27-11-8-25-6-4-5-7-30(25)36-27/h4-11,14-15,22-23H,12-13,16-21,24H2,1-3H3. The third kappa shape index (κ3) is 6.87. The van der Waals surface area contributed by atoms with Gasteiger partial charge in [-0.15, -0.1) is 0 Å². The molecule has 1 aliphatic rings. The number of aromatic nitrogens is 8. The number of tetrazole rings is 1. The predicted molar refractivity (Wildman–Crippen MR) is 184 cm³/mol. The minimum atomic E-state index is -1.22. The Morgan fingerprint density at radius 3 is 2.49 bits per heavy atom. The molecule has 6 aromatic rings. The van der Waals surface area contributed by atoms with Crippen LogP contribution >= 0.6 is 0 Å². The number of para-hydroxylation sites is 1. The van der Waals surface area contributed by atoms with Gasteiger partial charge in [0.15, 0.2) is 11.5 Å². The average Bonchev–Trinajstić information content (AvgIpc) is 3.68. The molecule has 1 fully saturated rings. The van der Waals surface area contributed by atoms with Crippen LogP contribution in [0.4, 0.5) is 5.82 Å². The van der Waals surface area contributed by atoms with Crippen LogP contribution in [0.25, 0.3) is 33.5 Å². The summed E-state index contributed by atoms with van der Waals surface area (Å²) >= 11 is 0. The van der Waals surface area contributed by atoms with E-state index in [0.29, 0.717) is 25.5 Å². The highest BCUT2D eigenvalue weighted by Crippen LogP contribution is 2.28. The quantitative estimate of drug-likeness (QED) is 0.146. The summed E-state index contributed by atoms with van der Waals surface area (Å²) in [7, 11) is -1.22. The number of pyridine rings is 1. The van der Waals surface area contributed by atoms with E-state index in [1.165, 1.54) is 9.36 Å². The van der Waals surface area contributed by atoms with Gasteiger partial charge in [-0.3, -0.25) is 9.38 Å². The third-order valence-electron chi connectivity index (χ3n) is 8.39. The lowest BCUT2D eigenvalue weighted by Crippen LogP contribution is -2.37. The van der Waals surface area contributed by atoms with E-state index in [4.69, 9.17) is 24.4 Å². The van der Waals surface area contributed by atoms with E-state index in [1.807, 2.05) is 48.7 Å². The van der Waals surface area contributed by atoms with E-state index < -0.39 is 8.07 Å². The van der Waals surface area contributed by atoms with Gasteiger partial charge in [-0.1, -0.05) is 56.0 Å². The molecule has 0 radical (unpaired) electrons. The molecule has 0 spiro atoms. The minimum Gasteiger partial charge on any atom is -0.378 e. The molecule has 13 heteroatoms. The number of imidazole rings is 1. The van der Waals surface area contributed by atoms with Gasteiger partial charge in [-0.05, 0) is 53.6 Å². The number of hydrogen-bond acceptors (Lipinski definition) is 9. The van der Waals surface area contributed by atoms with Gasteiger partial charge in [0, 0.05) is 50.6 Å². The SMILES string of the molecule is C[Si](C)(C)CCOCn1nnn(-c2ccc(-c3cnc(N4CCOCC4)c4nc(CCc5ccc6ccccc6n5)cn34)cc2)c1=O. The lowest BCUT2D eigenvalue weighted by atomic mass is 10.1. The summed E-state index contributed by atoms with van der Waals surface area (Å²) in [5, 5.41) is 9.25. The van der Waals surface area contributed by atoms with E-state index >= 15 is 0 Å². The molecule has 0 aliphatic carbocycles. The molecule has 47 heavy (non-hydrogen) atoms. The fraction of sp³-hybridized carbons (Fsp3) is 0.353. The number of rotatable bonds is 11. The van der Waals surface area contributed by atoms with Gasteiger partial charge >= 0.3 is 5.69 Å². The first-order valence-electron chi connectivity index (χ1n) is 16.1. The second-order valence-electron chi connectivity index (χ2n) is 13.1. The number of fused-ring (bicyclic) bond motifs is 2. The summed E-state index contributed by atoms with van der Waals surface area (Å²) in [5.74, 6) is 0.846. The van der Waals surface area contributed by atoms with Crippen LogP contribution < -0.4 is 10.6 Å². The van der Waals surface area contributed by atoms with E-state index in [9.17, 15) is 4.79 Å². The molecule has 7 rings (SSSR count). The van der Waals surface area contributed by atoms with E-state index in [2.05, 4.69) is 63.8 Å². The normalized spacial score (nSPS) is 14.0. The van der Waals surface area contributed by atoms with Crippen molar-refractivity contribution in [2.24, 2.45) is 0 Å². The van der Waals surface area contributed by atoms with Crippen molar-refractivity contribution in [3.63, 3.8) is 0 Å². The molecule has 0 amide bonds. The van der Waals surface area contributed by atoms with Crippen LogP contribution in [0.2, 0.25) is 25.7 Å². The summed E-state index contributed by atoms with van der Waals surface area (Å²) in [4.78, 5) is 30.1. The number of anilines is 1. The van der Waals surface area contributed by atoms with E-state index in [1.54, 1.807) is 0 Å². The maximum atomic E-state index is 13.0. The highest BCUT2D eigenvalue weighted by molar-refractivity contribution is 6.76. The molecular weight excluding hydrogens is 611 g/mol. The maximum Gasteiger partial charge on any atom is 0.370 e. The van der Waals surface area contributed by atoms with Crippen LogP contribution in [0.15, 0.2) is 77.9 Å². The Hall–Kier alpha value is -4.72. The maximum absolute atomic E-state index is 13.0. The molecule has 0 N–H and O–H groups in total. The fourth-order valence-corrected chi connectivity index (χ4v) is 6.43. The van der Waals surface area contributed by atoms with Crippen LogP contribution in [0.1, 0.15) is 11.4 Å². The van der Waals surface area contributed by atoms with Gasteiger partial charge in [0.05, 0.1) is 42.0 Å². The third-order valence-corrected chi connectivity index (χ3v) is 10.1. The van der Waals surface area contributed by atoms with Crippen molar-refractivity contribution in [1.82, 2.24) is 39.1 Å². The number of hydrogen-bond donors (Lipinski definition) is 0. The minimum absolute atomic E-state index is 0.0838. The number of morpholine rings is 1. The first kappa shape index (κ1) is 30.9. The lowest BCUT2D eigenvalue weighted by molar-refractivity contribution is 0.0748. The second kappa shape index (κ2) is 13.2. The lowest BCUT2D eigenvalue weighted by Gasteiger charge is -2.28. The highest BCUT2D eigenvalue weighted by Gasteiger charge is 2.20. The Morgan fingerprint density at radius 2 is 1.68 bits per heavy atom. The molecule has 0 unspecified atom stereocenters. The molecule has 2 aromatic carbocycles. The van der Waals surface area contributed by atoms with Crippen LogP contribution in [-0.4, -0.2) is 80.1 Å². The zero-order valence-corrected chi connectivity index (χ0v) is 28.0. The fourth-order valence-electron chi connectivity index (χ4n) is 5.67. The summed E-state index contributed by atoms with van der Waals surface area (Å²) in [6, 6.07) is 21.1. The van der Waals surface area contributed by atoms with Gasteiger partial charge in [0.25, 0.3) is 0 Å². The zero-order chi connectivity index (χ0) is 32.4. The van der Waals surface area contributed by atoms with Crippen molar-refractivity contribution in [2.75, 3.05) is 37.8 Å². The summed E-state index contributed by atoms with van der Waals surface area (Å²) in [6.07, 6.45) is 5.51. The molecule has 0 atom stereocenters. The Labute approximate surface area is 273 Å². The van der Waals surface area contributed by atoms with Gasteiger partial charge in [-0.25, -0.2) is 14.8 Å².